The fourth-order valence-corrected chi connectivity index (χ4v) is 3.25. The van der Waals surface area contributed by atoms with Crippen LogP contribution in [0.4, 0.5) is 4.39 Å². The molecule has 1 heterocycles. The number of nitrogens with zero attached hydrogens (tertiary/aromatic N) is 1. The van der Waals surface area contributed by atoms with Crippen molar-refractivity contribution in [1.29, 1.82) is 0 Å². The predicted octanol–water partition coefficient (Wildman–Crippen LogP) is 4.00. The van der Waals surface area contributed by atoms with Gasteiger partial charge < -0.3 is 5.32 Å². The summed E-state index contributed by atoms with van der Waals surface area (Å²) in [5.41, 5.74) is 0.794. The van der Waals surface area contributed by atoms with Gasteiger partial charge in [0.1, 0.15) is 5.82 Å². The van der Waals surface area contributed by atoms with Crippen LogP contribution in [0.5, 0.6) is 0 Å². The van der Waals surface area contributed by atoms with Crippen LogP contribution in [0.3, 0.4) is 0 Å². The third kappa shape index (κ3) is 4.17. The van der Waals surface area contributed by atoms with Gasteiger partial charge in [-0.15, -0.1) is 12.4 Å². The normalized spacial score (nSPS) is 18.4. The summed E-state index contributed by atoms with van der Waals surface area (Å²) in [4.78, 5) is 2.39. The summed E-state index contributed by atoms with van der Waals surface area (Å²) >= 11 is 3.46. The van der Waals surface area contributed by atoms with Crippen LogP contribution in [-0.2, 0) is 0 Å². The van der Waals surface area contributed by atoms with Crippen LogP contribution in [0, 0.1) is 11.2 Å². The average Bonchev–Trinajstić information content (AvgIpc) is 2.33. The van der Waals surface area contributed by atoms with Gasteiger partial charge in [-0.3, -0.25) is 4.90 Å². The largest absolute Gasteiger partial charge is 0.314 e. The zero-order valence-electron chi connectivity index (χ0n) is 12.2. The van der Waals surface area contributed by atoms with Gasteiger partial charge in [-0.05, 0) is 23.6 Å². The standard InChI is InChI=1S/C15H22BrFN2.ClH/c1-15(2,3)14(19-8-6-18-7-9-19)12-10-11(16)4-5-13(12)17;/h4-5,10,14,18H,6-9H2,1-3H3;1H/t14-;/m0./s1. The van der Waals surface area contributed by atoms with Crippen LogP contribution in [0.1, 0.15) is 32.4 Å². The molecule has 0 spiro atoms. The zero-order valence-corrected chi connectivity index (χ0v) is 14.7. The van der Waals surface area contributed by atoms with E-state index < -0.39 is 0 Å². The van der Waals surface area contributed by atoms with E-state index in [1.165, 1.54) is 0 Å². The first-order valence-corrected chi connectivity index (χ1v) is 7.58. The van der Waals surface area contributed by atoms with Gasteiger partial charge in [-0.1, -0.05) is 36.7 Å². The molecule has 0 radical (unpaired) electrons. The van der Waals surface area contributed by atoms with Crippen LogP contribution in [0.25, 0.3) is 0 Å². The first kappa shape index (κ1) is 17.9. The summed E-state index contributed by atoms with van der Waals surface area (Å²) in [7, 11) is 0. The van der Waals surface area contributed by atoms with E-state index >= 15 is 0 Å². The number of hydrogen-bond donors (Lipinski definition) is 1. The van der Waals surface area contributed by atoms with Crippen molar-refractivity contribution in [2.24, 2.45) is 5.41 Å². The zero-order chi connectivity index (χ0) is 14.0. The molecule has 0 aliphatic carbocycles. The minimum Gasteiger partial charge on any atom is -0.314 e. The van der Waals surface area contributed by atoms with Crippen LogP contribution >= 0.6 is 28.3 Å². The third-order valence-electron chi connectivity index (χ3n) is 3.59. The van der Waals surface area contributed by atoms with Crippen LogP contribution in [0.15, 0.2) is 22.7 Å². The Morgan fingerprint density at radius 1 is 1.25 bits per heavy atom. The minimum absolute atomic E-state index is 0. The highest BCUT2D eigenvalue weighted by atomic mass is 79.9. The maximum absolute atomic E-state index is 14.2. The summed E-state index contributed by atoms with van der Waals surface area (Å²) < 4.78 is 15.2. The molecule has 5 heteroatoms. The fraction of sp³-hybridized carbons (Fsp3) is 0.600. The summed E-state index contributed by atoms with van der Waals surface area (Å²) in [6, 6.07) is 5.34. The van der Waals surface area contributed by atoms with E-state index in [4.69, 9.17) is 0 Å². The predicted molar refractivity (Wildman–Crippen MR) is 88.0 cm³/mol. The molecule has 0 unspecified atom stereocenters. The highest BCUT2D eigenvalue weighted by Gasteiger charge is 2.34. The molecule has 0 amide bonds. The number of piperazine rings is 1. The summed E-state index contributed by atoms with van der Waals surface area (Å²) in [6.45, 7) is 10.4. The van der Waals surface area contributed by atoms with Gasteiger partial charge >= 0.3 is 0 Å². The van der Waals surface area contributed by atoms with Crippen LogP contribution in [-0.4, -0.2) is 31.1 Å². The van der Waals surface area contributed by atoms with Crippen molar-refractivity contribution >= 4 is 28.3 Å². The lowest BCUT2D eigenvalue weighted by molar-refractivity contribution is 0.0834. The molecule has 1 aliphatic heterocycles. The highest BCUT2D eigenvalue weighted by molar-refractivity contribution is 9.10. The van der Waals surface area contributed by atoms with Crippen molar-refractivity contribution in [3.63, 3.8) is 0 Å². The first-order chi connectivity index (χ1) is 8.89. The molecule has 2 nitrogen and oxygen atoms in total. The molecule has 0 saturated carbocycles. The van der Waals surface area contributed by atoms with Crippen molar-refractivity contribution in [3.05, 3.63) is 34.1 Å². The van der Waals surface area contributed by atoms with E-state index in [1.807, 2.05) is 6.07 Å². The second-order valence-corrected chi connectivity index (χ2v) is 7.14. The molecule has 20 heavy (non-hydrogen) atoms. The number of hydrogen-bond acceptors (Lipinski definition) is 2. The molecule has 1 fully saturated rings. The topological polar surface area (TPSA) is 15.3 Å². The number of nitrogens with one attached hydrogen (secondary N) is 1. The lowest BCUT2D eigenvalue weighted by Crippen LogP contribution is -2.48. The maximum Gasteiger partial charge on any atom is 0.128 e. The summed E-state index contributed by atoms with van der Waals surface area (Å²) in [6.07, 6.45) is 0. The highest BCUT2D eigenvalue weighted by Crippen LogP contribution is 2.39. The molecular weight excluding hydrogens is 343 g/mol. The molecule has 1 saturated heterocycles. The van der Waals surface area contributed by atoms with Gasteiger partial charge in [0.25, 0.3) is 0 Å². The Balaban J connectivity index is 0.00000200. The average molecular weight is 366 g/mol. The summed E-state index contributed by atoms with van der Waals surface area (Å²) in [5, 5.41) is 3.35. The quantitative estimate of drug-likeness (QED) is 0.852. The smallest absolute Gasteiger partial charge is 0.128 e. The molecular formula is C15H23BrClFN2. The van der Waals surface area contributed by atoms with Crippen molar-refractivity contribution in [2.75, 3.05) is 26.2 Å². The van der Waals surface area contributed by atoms with E-state index in [2.05, 4.69) is 46.9 Å². The van der Waals surface area contributed by atoms with Gasteiger partial charge in [0, 0.05) is 42.3 Å². The maximum atomic E-state index is 14.2. The van der Waals surface area contributed by atoms with E-state index in [1.54, 1.807) is 12.1 Å². The van der Waals surface area contributed by atoms with Gasteiger partial charge in [-0.25, -0.2) is 4.39 Å². The van der Waals surface area contributed by atoms with Crippen molar-refractivity contribution in [2.45, 2.75) is 26.8 Å². The Morgan fingerprint density at radius 3 is 2.40 bits per heavy atom. The number of halogens is 3. The first-order valence-electron chi connectivity index (χ1n) is 6.79. The molecule has 1 aromatic rings. The molecule has 1 aliphatic rings. The lowest BCUT2D eigenvalue weighted by Gasteiger charge is -2.42. The number of benzene rings is 1. The molecule has 1 aromatic carbocycles. The lowest BCUT2D eigenvalue weighted by atomic mass is 9.80. The second-order valence-electron chi connectivity index (χ2n) is 6.22. The second kappa shape index (κ2) is 7.21. The Hall–Kier alpha value is -0.160. The third-order valence-corrected chi connectivity index (χ3v) is 4.08. The monoisotopic (exact) mass is 364 g/mol. The summed E-state index contributed by atoms with van der Waals surface area (Å²) in [5.74, 6) is -0.110. The molecule has 114 valence electrons. The Kier molecular flexibility index (Phi) is 6.45. The van der Waals surface area contributed by atoms with E-state index in [0.717, 1.165) is 36.2 Å². The van der Waals surface area contributed by atoms with E-state index in [0.29, 0.717) is 0 Å². The Morgan fingerprint density at radius 2 is 1.85 bits per heavy atom. The SMILES string of the molecule is CC(C)(C)[C@H](c1cc(Br)ccc1F)N1CCNCC1.Cl. The van der Waals surface area contributed by atoms with Gasteiger partial charge in [0.15, 0.2) is 0 Å². The minimum atomic E-state index is -0.110. The molecule has 2 rings (SSSR count). The van der Waals surface area contributed by atoms with Crippen molar-refractivity contribution in [3.8, 4) is 0 Å². The van der Waals surface area contributed by atoms with Crippen LogP contribution < -0.4 is 5.32 Å². The molecule has 1 N–H and O–H groups in total. The molecule has 0 bridgehead atoms. The Labute approximate surface area is 135 Å². The van der Waals surface area contributed by atoms with Gasteiger partial charge in [0.05, 0.1) is 0 Å². The van der Waals surface area contributed by atoms with Gasteiger partial charge in [0.2, 0.25) is 0 Å². The fourth-order valence-electron chi connectivity index (χ4n) is 2.88. The molecule has 0 aromatic heterocycles. The van der Waals surface area contributed by atoms with Crippen molar-refractivity contribution < 1.29 is 4.39 Å². The van der Waals surface area contributed by atoms with Gasteiger partial charge in [-0.2, -0.15) is 0 Å². The van der Waals surface area contributed by atoms with E-state index in [9.17, 15) is 4.39 Å². The number of rotatable bonds is 2. The van der Waals surface area contributed by atoms with Crippen molar-refractivity contribution in [1.82, 2.24) is 10.2 Å². The Bertz CT molecular complexity index is 442. The van der Waals surface area contributed by atoms with E-state index in [-0.39, 0.29) is 29.7 Å². The molecule has 1 atom stereocenters. The van der Waals surface area contributed by atoms with Crippen LogP contribution in [0.2, 0.25) is 0 Å².